The summed E-state index contributed by atoms with van der Waals surface area (Å²) in [5, 5.41) is 8.53. The number of benzene rings is 1. The Morgan fingerprint density at radius 3 is 2.32 bits per heavy atom. The van der Waals surface area contributed by atoms with Crippen LogP contribution in [0, 0.1) is 11.3 Å². The van der Waals surface area contributed by atoms with Crippen LogP contribution < -0.4 is 10.5 Å². The lowest BCUT2D eigenvalue weighted by molar-refractivity contribution is -0.122. The van der Waals surface area contributed by atoms with Crippen LogP contribution in [-0.2, 0) is 21.2 Å². The van der Waals surface area contributed by atoms with Crippen molar-refractivity contribution in [3.8, 4) is 6.07 Å². The molecule has 1 rings (SSSR count). The normalized spacial score (nSPS) is 11.8. The number of nitriles is 1. The topological polar surface area (TPSA) is 113 Å². The Morgan fingerprint density at radius 1 is 1.37 bits per heavy atom. The number of amides is 1. The summed E-state index contributed by atoms with van der Waals surface area (Å²) in [6.07, 6.45) is 0.209. The molecule has 7 heteroatoms. The number of hydrogen-bond donors (Lipinski definition) is 2. The number of rotatable bonds is 5. The summed E-state index contributed by atoms with van der Waals surface area (Å²) in [7, 11) is -3.83. The Kier molecular flexibility index (Phi) is 4.29. The molecule has 0 bridgehead atoms. The molecule has 0 unspecified atom stereocenters. The predicted octanol–water partition coefficient (Wildman–Crippen LogP) is 0.295. The molecule has 0 saturated heterocycles. The van der Waals surface area contributed by atoms with E-state index in [0.717, 1.165) is 5.56 Å². The summed E-state index contributed by atoms with van der Waals surface area (Å²) < 4.78 is 26.3. The molecule has 0 saturated carbocycles. The number of sulfonamides is 1. The third-order valence-corrected chi connectivity index (χ3v) is 4.19. The van der Waals surface area contributed by atoms with E-state index >= 15 is 0 Å². The molecule has 0 atom stereocenters. The number of primary amides is 1. The lowest BCUT2D eigenvalue weighted by Crippen LogP contribution is -2.52. The molecule has 1 amide bonds. The highest BCUT2D eigenvalue weighted by Crippen LogP contribution is 2.14. The zero-order valence-corrected chi connectivity index (χ0v) is 11.5. The lowest BCUT2D eigenvalue weighted by Gasteiger charge is -2.22. The molecule has 1 aromatic rings. The van der Waals surface area contributed by atoms with Gasteiger partial charge >= 0.3 is 0 Å². The van der Waals surface area contributed by atoms with Crippen LogP contribution in [0.15, 0.2) is 29.2 Å². The van der Waals surface area contributed by atoms with Gasteiger partial charge in [-0.15, -0.1) is 0 Å². The Labute approximate surface area is 112 Å². The first kappa shape index (κ1) is 15.1. The van der Waals surface area contributed by atoms with Crippen LogP contribution in [-0.4, -0.2) is 19.9 Å². The van der Waals surface area contributed by atoms with Crippen LogP contribution >= 0.6 is 0 Å². The van der Waals surface area contributed by atoms with Crippen molar-refractivity contribution >= 4 is 15.9 Å². The molecule has 0 aliphatic carbocycles. The monoisotopic (exact) mass is 281 g/mol. The Morgan fingerprint density at radius 2 is 1.89 bits per heavy atom. The maximum Gasteiger partial charge on any atom is 0.241 e. The van der Waals surface area contributed by atoms with E-state index in [-0.39, 0.29) is 11.3 Å². The van der Waals surface area contributed by atoms with E-state index in [9.17, 15) is 13.2 Å². The highest BCUT2D eigenvalue weighted by atomic mass is 32.2. The first-order valence-corrected chi connectivity index (χ1v) is 6.97. The van der Waals surface area contributed by atoms with Gasteiger partial charge in [0, 0.05) is 0 Å². The van der Waals surface area contributed by atoms with Gasteiger partial charge in [0.25, 0.3) is 0 Å². The number of hydrogen-bond acceptors (Lipinski definition) is 4. The largest absolute Gasteiger partial charge is 0.368 e. The van der Waals surface area contributed by atoms with Crippen molar-refractivity contribution in [2.45, 2.75) is 30.7 Å². The highest BCUT2D eigenvalue weighted by Gasteiger charge is 2.31. The zero-order chi connectivity index (χ0) is 14.7. The maximum absolute atomic E-state index is 12.0. The third-order valence-electron chi connectivity index (χ3n) is 2.52. The molecular formula is C12H15N3O3S. The van der Waals surface area contributed by atoms with Gasteiger partial charge in [0.1, 0.15) is 5.54 Å². The minimum Gasteiger partial charge on any atom is -0.368 e. The molecule has 0 aliphatic heterocycles. The van der Waals surface area contributed by atoms with E-state index in [1.807, 2.05) is 6.07 Å². The van der Waals surface area contributed by atoms with Gasteiger partial charge in [0.2, 0.25) is 15.9 Å². The highest BCUT2D eigenvalue weighted by molar-refractivity contribution is 7.89. The van der Waals surface area contributed by atoms with E-state index in [1.54, 1.807) is 12.1 Å². The molecule has 0 heterocycles. The van der Waals surface area contributed by atoms with E-state index in [2.05, 4.69) is 4.72 Å². The summed E-state index contributed by atoms with van der Waals surface area (Å²) in [6.45, 7) is 2.77. The van der Waals surface area contributed by atoms with Crippen LogP contribution in [0.2, 0.25) is 0 Å². The average Bonchev–Trinajstić information content (AvgIpc) is 2.28. The minimum absolute atomic E-state index is 0.0171. The molecule has 0 aliphatic rings. The summed E-state index contributed by atoms with van der Waals surface area (Å²) in [6, 6.07) is 7.83. The maximum atomic E-state index is 12.0. The molecule has 0 fully saturated rings. The summed E-state index contributed by atoms with van der Waals surface area (Å²) in [5.74, 6) is -0.767. The van der Waals surface area contributed by atoms with E-state index < -0.39 is 21.5 Å². The fraction of sp³-hybridized carbons (Fsp3) is 0.333. The van der Waals surface area contributed by atoms with Gasteiger partial charge in [-0.1, -0.05) is 12.1 Å². The molecule has 1 aromatic carbocycles. The van der Waals surface area contributed by atoms with Gasteiger partial charge in [-0.3, -0.25) is 4.79 Å². The molecule has 102 valence electrons. The van der Waals surface area contributed by atoms with Gasteiger partial charge in [-0.2, -0.15) is 9.98 Å². The van der Waals surface area contributed by atoms with Gasteiger partial charge in [-0.25, -0.2) is 8.42 Å². The summed E-state index contributed by atoms with van der Waals surface area (Å²) in [4.78, 5) is 11.1. The van der Waals surface area contributed by atoms with E-state index in [1.165, 1.54) is 26.0 Å². The van der Waals surface area contributed by atoms with Gasteiger partial charge in [0.15, 0.2) is 0 Å². The van der Waals surface area contributed by atoms with Crippen LogP contribution in [0.4, 0.5) is 0 Å². The zero-order valence-electron chi connectivity index (χ0n) is 10.7. The number of carbonyl (C=O) groups is 1. The quantitative estimate of drug-likeness (QED) is 0.807. The Bertz CT molecular complexity index is 613. The number of nitrogens with two attached hydrogens (primary N) is 1. The van der Waals surface area contributed by atoms with Gasteiger partial charge in [0.05, 0.1) is 17.4 Å². The van der Waals surface area contributed by atoms with Crippen molar-refractivity contribution < 1.29 is 13.2 Å². The van der Waals surface area contributed by atoms with Crippen LogP contribution in [0.5, 0.6) is 0 Å². The molecule has 0 aromatic heterocycles. The first-order valence-electron chi connectivity index (χ1n) is 5.49. The molecule has 3 N–H and O–H groups in total. The number of nitrogens with zero attached hydrogens (tertiary/aromatic N) is 1. The second-order valence-electron chi connectivity index (χ2n) is 4.57. The smallest absolute Gasteiger partial charge is 0.241 e. The fourth-order valence-corrected chi connectivity index (χ4v) is 2.71. The van der Waals surface area contributed by atoms with Gasteiger partial charge in [-0.05, 0) is 31.5 Å². The molecule has 0 radical (unpaired) electrons. The van der Waals surface area contributed by atoms with Gasteiger partial charge < -0.3 is 5.73 Å². The average molecular weight is 281 g/mol. The van der Waals surface area contributed by atoms with Crippen molar-refractivity contribution in [2.24, 2.45) is 5.73 Å². The second kappa shape index (κ2) is 5.38. The molecule has 19 heavy (non-hydrogen) atoms. The SMILES string of the molecule is CC(C)(NS(=O)(=O)c1ccc(CC#N)cc1)C(N)=O. The van der Waals surface area contributed by atoms with Crippen molar-refractivity contribution in [3.05, 3.63) is 29.8 Å². The first-order chi connectivity index (χ1) is 8.69. The lowest BCUT2D eigenvalue weighted by atomic mass is 10.1. The van der Waals surface area contributed by atoms with E-state index in [4.69, 9.17) is 11.0 Å². The van der Waals surface area contributed by atoms with Crippen LogP contribution in [0.1, 0.15) is 19.4 Å². The van der Waals surface area contributed by atoms with E-state index in [0.29, 0.717) is 0 Å². The number of carbonyl (C=O) groups excluding carboxylic acids is 1. The molecular weight excluding hydrogens is 266 g/mol. The minimum atomic E-state index is -3.83. The second-order valence-corrected chi connectivity index (χ2v) is 6.26. The predicted molar refractivity (Wildman–Crippen MR) is 69.4 cm³/mol. The Balaban J connectivity index is 3.02. The van der Waals surface area contributed by atoms with Crippen molar-refractivity contribution in [1.82, 2.24) is 4.72 Å². The van der Waals surface area contributed by atoms with Crippen molar-refractivity contribution in [2.75, 3.05) is 0 Å². The fourth-order valence-electron chi connectivity index (χ4n) is 1.32. The standard InChI is InChI=1S/C12H15N3O3S/c1-12(2,11(14)16)15-19(17,18)10-5-3-9(4-6-10)7-8-13/h3-6,15H,7H2,1-2H3,(H2,14,16). The summed E-state index contributed by atoms with van der Waals surface area (Å²) >= 11 is 0. The van der Waals surface area contributed by atoms with Crippen molar-refractivity contribution in [1.29, 1.82) is 5.26 Å². The van der Waals surface area contributed by atoms with Crippen molar-refractivity contribution in [3.63, 3.8) is 0 Å². The molecule has 0 spiro atoms. The molecule has 6 nitrogen and oxygen atoms in total. The Hall–Kier alpha value is -1.91. The van der Waals surface area contributed by atoms with Crippen LogP contribution in [0.3, 0.4) is 0 Å². The number of nitrogens with one attached hydrogen (secondary N) is 1. The summed E-state index contributed by atoms with van der Waals surface area (Å²) in [5.41, 5.74) is 4.46. The van der Waals surface area contributed by atoms with Crippen LogP contribution in [0.25, 0.3) is 0 Å². The third kappa shape index (κ3) is 3.77.